The molecule has 2 aromatic rings. The van der Waals surface area contributed by atoms with E-state index in [-0.39, 0.29) is 24.4 Å². The molecular formula is C32H43N3O4S. The van der Waals surface area contributed by atoms with Crippen molar-refractivity contribution < 1.29 is 18.0 Å². The van der Waals surface area contributed by atoms with Crippen molar-refractivity contribution in [2.75, 3.05) is 24.2 Å². The molecule has 0 radical (unpaired) electrons. The summed E-state index contributed by atoms with van der Waals surface area (Å²) in [7, 11) is -2.21. The summed E-state index contributed by atoms with van der Waals surface area (Å²) in [6, 6.07) is 15.0. The van der Waals surface area contributed by atoms with E-state index in [0.29, 0.717) is 12.1 Å². The van der Waals surface area contributed by atoms with Gasteiger partial charge in [0.25, 0.3) is 0 Å². The van der Waals surface area contributed by atoms with E-state index < -0.39 is 22.0 Å². The monoisotopic (exact) mass is 565 g/mol. The number of rotatable bonds is 10. The average molecular weight is 566 g/mol. The van der Waals surface area contributed by atoms with Crippen molar-refractivity contribution in [2.24, 2.45) is 17.8 Å². The summed E-state index contributed by atoms with van der Waals surface area (Å²) in [4.78, 5) is 28.1. The van der Waals surface area contributed by atoms with Gasteiger partial charge in [-0.1, -0.05) is 48.9 Å². The predicted molar refractivity (Wildman–Crippen MR) is 158 cm³/mol. The Bertz CT molecular complexity index is 1320. The van der Waals surface area contributed by atoms with Gasteiger partial charge >= 0.3 is 0 Å². The van der Waals surface area contributed by atoms with Crippen LogP contribution in [0.3, 0.4) is 0 Å². The molecule has 4 aliphatic rings. The van der Waals surface area contributed by atoms with Crippen LogP contribution in [0, 0.1) is 24.7 Å². The fourth-order valence-electron chi connectivity index (χ4n) is 8.15. The Morgan fingerprint density at radius 1 is 1.00 bits per heavy atom. The van der Waals surface area contributed by atoms with Gasteiger partial charge in [-0.05, 0) is 98.3 Å². The van der Waals surface area contributed by atoms with Crippen molar-refractivity contribution in [3.05, 3.63) is 65.2 Å². The maximum atomic E-state index is 13.8. The fraction of sp³-hybridized carbons (Fsp3) is 0.562. The summed E-state index contributed by atoms with van der Waals surface area (Å²) < 4.78 is 27.2. The van der Waals surface area contributed by atoms with Gasteiger partial charge in [-0.15, -0.1) is 0 Å². The Morgan fingerprint density at radius 3 is 2.10 bits per heavy atom. The van der Waals surface area contributed by atoms with Gasteiger partial charge in [-0.25, -0.2) is 8.42 Å². The van der Waals surface area contributed by atoms with Crippen LogP contribution in [-0.2, 0) is 31.6 Å². The van der Waals surface area contributed by atoms with Crippen LogP contribution in [0.25, 0.3) is 0 Å². The van der Waals surface area contributed by atoms with Crippen LogP contribution in [0.4, 0.5) is 5.69 Å². The van der Waals surface area contributed by atoms with E-state index in [1.807, 2.05) is 50.2 Å². The quantitative estimate of drug-likeness (QED) is 0.449. The lowest BCUT2D eigenvalue weighted by Crippen LogP contribution is -2.51. The molecule has 0 aromatic heterocycles. The predicted octanol–water partition coefficient (Wildman–Crippen LogP) is 4.78. The third-order valence-electron chi connectivity index (χ3n) is 9.55. The third kappa shape index (κ3) is 5.78. The Labute approximate surface area is 239 Å². The molecule has 7 nitrogen and oxygen atoms in total. The zero-order chi connectivity index (χ0) is 28.7. The number of nitrogens with one attached hydrogen (secondary N) is 1. The minimum absolute atomic E-state index is 0.214. The second-order valence-electron chi connectivity index (χ2n) is 12.6. The molecule has 8 heteroatoms. The van der Waals surface area contributed by atoms with Crippen LogP contribution in [0.1, 0.15) is 68.6 Å². The van der Waals surface area contributed by atoms with Gasteiger partial charge in [0.05, 0.1) is 11.9 Å². The van der Waals surface area contributed by atoms with Crippen LogP contribution < -0.4 is 9.62 Å². The maximum absolute atomic E-state index is 13.8. The Kier molecular flexibility index (Phi) is 8.01. The van der Waals surface area contributed by atoms with Gasteiger partial charge in [0.2, 0.25) is 21.8 Å². The first-order valence-corrected chi connectivity index (χ1v) is 16.5. The van der Waals surface area contributed by atoms with Gasteiger partial charge in [0.15, 0.2) is 0 Å². The van der Waals surface area contributed by atoms with Gasteiger partial charge in [0.1, 0.15) is 12.6 Å². The first kappa shape index (κ1) is 28.7. The minimum atomic E-state index is -3.76. The number of aryl methyl sites for hydroxylation is 1. The lowest BCUT2D eigenvalue weighted by Gasteiger charge is -2.57. The first-order valence-electron chi connectivity index (χ1n) is 14.7. The summed E-state index contributed by atoms with van der Waals surface area (Å²) in [6.07, 6.45) is 9.36. The number of likely N-dealkylation sites (N-methyl/N-ethyl adjacent to an activating group) is 1. The molecule has 4 saturated carbocycles. The number of carbonyl (C=O) groups excluding carboxylic acids is 2. The van der Waals surface area contributed by atoms with Gasteiger partial charge < -0.3 is 10.2 Å². The number of hydrogen-bond donors (Lipinski definition) is 1. The third-order valence-corrected chi connectivity index (χ3v) is 10.7. The molecule has 2 aromatic carbocycles. The molecular weight excluding hydrogens is 522 g/mol. The molecule has 0 unspecified atom stereocenters. The molecule has 0 saturated heterocycles. The Balaban J connectivity index is 1.40. The summed E-state index contributed by atoms with van der Waals surface area (Å²) in [6.45, 7) is 3.68. The van der Waals surface area contributed by atoms with Crippen LogP contribution in [0.2, 0.25) is 0 Å². The lowest BCUT2D eigenvalue weighted by molar-refractivity contribution is -0.140. The molecule has 0 aliphatic heterocycles. The lowest BCUT2D eigenvalue weighted by atomic mass is 9.48. The number of hydrogen-bond acceptors (Lipinski definition) is 4. The van der Waals surface area contributed by atoms with Crippen LogP contribution in [-0.4, -0.2) is 51.0 Å². The molecule has 2 amide bonds. The highest BCUT2D eigenvalue weighted by Crippen LogP contribution is 2.60. The highest BCUT2D eigenvalue weighted by Gasteiger charge is 2.51. The zero-order valence-electron chi connectivity index (χ0n) is 24.2. The maximum Gasteiger partial charge on any atom is 0.244 e. The highest BCUT2D eigenvalue weighted by atomic mass is 32.2. The molecule has 0 spiro atoms. The number of nitrogens with zero attached hydrogens (tertiary/aromatic N) is 2. The second kappa shape index (κ2) is 11.2. The van der Waals surface area contributed by atoms with E-state index in [2.05, 4.69) is 17.4 Å². The topological polar surface area (TPSA) is 86.8 Å². The summed E-state index contributed by atoms with van der Waals surface area (Å²) >= 11 is 0. The average Bonchev–Trinajstić information content (AvgIpc) is 2.90. The number of anilines is 1. The molecule has 0 heterocycles. The van der Waals surface area contributed by atoms with Crippen molar-refractivity contribution in [3.8, 4) is 0 Å². The van der Waals surface area contributed by atoms with E-state index in [4.69, 9.17) is 0 Å². The van der Waals surface area contributed by atoms with Crippen molar-refractivity contribution in [1.29, 1.82) is 0 Å². The molecule has 4 fully saturated rings. The molecule has 1 N–H and O–H groups in total. The summed E-state index contributed by atoms with van der Waals surface area (Å²) in [5, 5.41) is 2.66. The van der Waals surface area contributed by atoms with Gasteiger partial charge in [0, 0.05) is 13.6 Å². The SMILES string of the molecule is CC[C@@H](C(=O)NC)N(Cc1cccc(C)c1)C(=O)CN(c1ccc(C23CC4CC(CC(C4)C2)C3)cc1)S(C)(=O)=O. The number of carbonyl (C=O) groups is 2. The van der Waals surface area contributed by atoms with E-state index in [0.717, 1.165) is 35.1 Å². The van der Waals surface area contributed by atoms with Gasteiger partial charge in [-0.2, -0.15) is 0 Å². The number of amides is 2. The van der Waals surface area contributed by atoms with Crippen LogP contribution in [0.15, 0.2) is 48.5 Å². The van der Waals surface area contributed by atoms with Crippen molar-refractivity contribution in [2.45, 2.75) is 76.8 Å². The van der Waals surface area contributed by atoms with E-state index >= 15 is 0 Å². The summed E-state index contributed by atoms with van der Waals surface area (Å²) in [5.74, 6) is 1.79. The molecule has 6 rings (SSSR count). The van der Waals surface area contributed by atoms with E-state index in [1.165, 1.54) is 53.3 Å². The first-order chi connectivity index (χ1) is 19.0. The second-order valence-corrected chi connectivity index (χ2v) is 14.5. The van der Waals surface area contributed by atoms with E-state index in [1.54, 1.807) is 7.05 Å². The minimum Gasteiger partial charge on any atom is -0.357 e. The van der Waals surface area contributed by atoms with Crippen LogP contribution >= 0.6 is 0 Å². The van der Waals surface area contributed by atoms with Crippen LogP contribution in [0.5, 0.6) is 0 Å². The Morgan fingerprint density at radius 2 is 1.60 bits per heavy atom. The summed E-state index contributed by atoms with van der Waals surface area (Å²) in [5.41, 5.74) is 3.94. The molecule has 1 atom stereocenters. The van der Waals surface area contributed by atoms with Crippen molar-refractivity contribution >= 4 is 27.5 Å². The molecule has 4 bridgehead atoms. The molecule has 216 valence electrons. The standard InChI is InChI=1S/C32H43N3O4S/c1-5-29(31(37)33-3)34(20-23-8-6-7-22(2)13-23)30(36)21-35(40(4,38)39)28-11-9-27(10-12-28)32-17-24-14-25(18-32)16-26(15-24)19-32/h6-13,24-26,29H,5,14-21H2,1-4H3,(H,33,37)/t24?,25?,26?,29-,32?/m0/s1. The normalized spacial score (nSPS) is 25.9. The molecule has 40 heavy (non-hydrogen) atoms. The fourth-order valence-corrected chi connectivity index (χ4v) is 9.00. The smallest absolute Gasteiger partial charge is 0.244 e. The van der Waals surface area contributed by atoms with Gasteiger partial charge in [-0.3, -0.25) is 13.9 Å². The number of benzene rings is 2. The molecule has 4 aliphatic carbocycles. The Hall–Kier alpha value is -2.87. The van der Waals surface area contributed by atoms with E-state index in [9.17, 15) is 18.0 Å². The number of sulfonamides is 1. The zero-order valence-corrected chi connectivity index (χ0v) is 25.0. The van der Waals surface area contributed by atoms with Crippen molar-refractivity contribution in [1.82, 2.24) is 10.2 Å². The largest absolute Gasteiger partial charge is 0.357 e. The van der Waals surface area contributed by atoms with Crippen molar-refractivity contribution in [3.63, 3.8) is 0 Å². The highest BCUT2D eigenvalue weighted by molar-refractivity contribution is 7.92.